The van der Waals surface area contributed by atoms with Gasteiger partial charge in [-0.25, -0.2) is 0 Å². The number of fused-ring (bicyclic) bond motifs is 1. The summed E-state index contributed by atoms with van der Waals surface area (Å²) in [5.41, 5.74) is 0.962. The molecule has 0 atom stereocenters. The van der Waals surface area contributed by atoms with Crippen molar-refractivity contribution in [3.05, 3.63) is 36.1 Å². The van der Waals surface area contributed by atoms with Crippen LogP contribution in [0, 0.1) is 0 Å². The number of para-hydroxylation sites is 1. The van der Waals surface area contributed by atoms with Gasteiger partial charge in [-0.1, -0.05) is 31.0 Å². The molecule has 0 radical (unpaired) electrons. The van der Waals surface area contributed by atoms with Crippen molar-refractivity contribution in [2.24, 2.45) is 4.99 Å². The van der Waals surface area contributed by atoms with E-state index in [4.69, 9.17) is 4.42 Å². The third kappa shape index (κ3) is 4.64. The Morgan fingerprint density at radius 2 is 1.93 bits per heavy atom. The van der Waals surface area contributed by atoms with Crippen molar-refractivity contribution in [2.45, 2.75) is 57.0 Å². The molecule has 1 saturated heterocycles. The average Bonchev–Trinajstić information content (AvgIpc) is 3.37. The molecule has 146 valence electrons. The van der Waals surface area contributed by atoms with Crippen LogP contribution in [0.2, 0.25) is 0 Å². The number of guanidine groups is 1. The van der Waals surface area contributed by atoms with Gasteiger partial charge in [-0.05, 0) is 37.8 Å². The zero-order valence-electron chi connectivity index (χ0n) is 16.4. The summed E-state index contributed by atoms with van der Waals surface area (Å²) in [4.78, 5) is 7.11. The van der Waals surface area contributed by atoms with Gasteiger partial charge in [0.1, 0.15) is 11.3 Å². The van der Waals surface area contributed by atoms with E-state index in [9.17, 15) is 0 Å². The van der Waals surface area contributed by atoms with Crippen LogP contribution in [0.3, 0.4) is 0 Å². The smallest absolute Gasteiger partial charge is 0.191 e. The van der Waals surface area contributed by atoms with Crippen molar-refractivity contribution in [1.29, 1.82) is 0 Å². The van der Waals surface area contributed by atoms with Gasteiger partial charge in [0.2, 0.25) is 0 Å². The minimum absolute atomic E-state index is 0.528. The van der Waals surface area contributed by atoms with Gasteiger partial charge in [0.25, 0.3) is 0 Å². The van der Waals surface area contributed by atoms with Crippen molar-refractivity contribution in [3.63, 3.8) is 0 Å². The number of nitrogens with one attached hydrogen (secondary N) is 2. The lowest BCUT2D eigenvalue weighted by Crippen LogP contribution is -2.50. The average molecular weight is 369 g/mol. The van der Waals surface area contributed by atoms with Gasteiger partial charge < -0.3 is 20.0 Å². The number of rotatable bonds is 5. The maximum Gasteiger partial charge on any atom is 0.191 e. The molecule has 0 bridgehead atoms. The number of likely N-dealkylation sites (tertiary alicyclic amines) is 1. The monoisotopic (exact) mass is 368 g/mol. The summed E-state index contributed by atoms with van der Waals surface area (Å²) in [5.74, 6) is 1.93. The molecular formula is C22H32N4O. The number of hydrogen-bond acceptors (Lipinski definition) is 3. The number of furan rings is 1. The highest BCUT2D eigenvalue weighted by atomic mass is 16.3. The number of hydrogen-bond donors (Lipinski definition) is 2. The first-order valence-electron chi connectivity index (χ1n) is 10.5. The second kappa shape index (κ2) is 8.79. The molecule has 0 spiro atoms. The van der Waals surface area contributed by atoms with Crippen molar-refractivity contribution < 1.29 is 4.42 Å². The van der Waals surface area contributed by atoms with Gasteiger partial charge >= 0.3 is 0 Å². The van der Waals surface area contributed by atoms with E-state index in [0.717, 1.165) is 36.3 Å². The van der Waals surface area contributed by atoms with Crippen LogP contribution in [-0.2, 0) is 6.42 Å². The van der Waals surface area contributed by atoms with E-state index < -0.39 is 0 Å². The van der Waals surface area contributed by atoms with Gasteiger partial charge in [0.15, 0.2) is 5.96 Å². The predicted molar refractivity (Wildman–Crippen MR) is 111 cm³/mol. The highest BCUT2D eigenvalue weighted by Gasteiger charge is 2.27. The summed E-state index contributed by atoms with van der Waals surface area (Å²) in [7, 11) is 1.85. The molecule has 1 aliphatic heterocycles. The topological polar surface area (TPSA) is 52.8 Å². The Kier molecular flexibility index (Phi) is 5.97. The molecule has 2 N–H and O–H groups in total. The normalized spacial score (nSPS) is 20.4. The minimum Gasteiger partial charge on any atom is -0.461 e. The Labute approximate surface area is 162 Å². The first-order valence-corrected chi connectivity index (χ1v) is 10.5. The predicted octanol–water partition coefficient (Wildman–Crippen LogP) is 3.55. The van der Waals surface area contributed by atoms with Crippen molar-refractivity contribution >= 4 is 16.9 Å². The van der Waals surface area contributed by atoms with E-state index >= 15 is 0 Å². The quantitative estimate of drug-likeness (QED) is 0.626. The number of piperidine rings is 1. The van der Waals surface area contributed by atoms with E-state index in [1.165, 1.54) is 57.0 Å². The van der Waals surface area contributed by atoms with E-state index in [1.807, 2.05) is 25.2 Å². The third-order valence-electron chi connectivity index (χ3n) is 6.08. The molecule has 0 unspecified atom stereocenters. The van der Waals surface area contributed by atoms with Crippen LogP contribution in [-0.4, -0.2) is 49.6 Å². The molecule has 0 amide bonds. The molecule has 1 aromatic heterocycles. The van der Waals surface area contributed by atoms with Crippen LogP contribution >= 0.6 is 0 Å². The maximum atomic E-state index is 5.89. The first kappa shape index (κ1) is 18.4. The van der Waals surface area contributed by atoms with Gasteiger partial charge in [-0.2, -0.15) is 0 Å². The van der Waals surface area contributed by atoms with Crippen LogP contribution in [0.1, 0.15) is 44.3 Å². The van der Waals surface area contributed by atoms with E-state index in [0.29, 0.717) is 6.04 Å². The molecule has 2 aromatic rings. The molecule has 27 heavy (non-hydrogen) atoms. The molecule has 1 saturated carbocycles. The molecule has 4 rings (SSSR count). The highest BCUT2D eigenvalue weighted by molar-refractivity contribution is 5.80. The summed E-state index contributed by atoms with van der Waals surface area (Å²) in [6.45, 7) is 3.26. The highest BCUT2D eigenvalue weighted by Crippen LogP contribution is 2.26. The molecule has 2 aliphatic rings. The third-order valence-corrected chi connectivity index (χ3v) is 6.08. The molecule has 2 fully saturated rings. The minimum atomic E-state index is 0.528. The Hall–Kier alpha value is -2.01. The fourth-order valence-corrected chi connectivity index (χ4v) is 4.53. The fraction of sp³-hybridized carbons (Fsp3) is 0.591. The zero-order chi connectivity index (χ0) is 18.5. The molecule has 1 aliphatic carbocycles. The lowest BCUT2D eigenvalue weighted by Gasteiger charge is -2.36. The van der Waals surface area contributed by atoms with Crippen molar-refractivity contribution in [3.8, 4) is 0 Å². The number of benzene rings is 1. The van der Waals surface area contributed by atoms with Gasteiger partial charge in [-0.15, -0.1) is 0 Å². The van der Waals surface area contributed by atoms with Crippen LogP contribution in [0.4, 0.5) is 0 Å². The zero-order valence-corrected chi connectivity index (χ0v) is 16.4. The Morgan fingerprint density at radius 1 is 1.15 bits per heavy atom. The fourth-order valence-electron chi connectivity index (χ4n) is 4.53. The van der Waals surface area contributed by atoms with Crippen molar-refractivity contribution in [2.75, 3.05) is 26.7 Å². The summed E-state index contributed by atoms with van der Waals surface area (Å²) in [5, 5.41) is 8.22. The standard InChI is InChI=1S/C22H32N4O/c1-23-22(24-13-10-20-16-17-6-2-5-9-21(17)27-20)25-18-11-14-26(15-12-18)19-7-3-4-8-19/h2,5-6,9,16,18-19H,3-4,7-8,10-15H2,1H3,(H2,23,24,25). The lowest BCUT2D eigenvalue weighted by molar-refractivity contribution is 0.150. The molecule has 2 heterocycles. The Balaban J connectivity index is 1.20. The van der Waals surface area contributed by atoms with E-state index in [1.54, 1.807) is 0 Å². The Morgan fingerprint density at radius 3 is 2.67 bits per heavy atom. The van der Waals surface area contributed by atoms with Gasteiger partial charge in [0.05, 0.1) is 0 Å². The van der Waals surface area contributed by atoms with Crippen LogP contribution in [0.5, 0.6) is 0 Å². The van der Waals surface area contributed by atoms with E-state index in [2.05, 4.69) is 32.7 Å². The summed E-state index contributed by atoms with van der Waals surface area (Å²) >= 11 is 0. The SMILES string of the molecule is CN=C(NCCc1cc2ccccc2o1)NC1CCN(C2CCCC2)CC1. The van der Waals surface area contributed by atoms with Gasteiger partial charge in [0, 0.05) is 50.6 Å². The molecule has 1 aromatic carbocycles. The molecule has 5 nitrogen and oxygen atoms in total. The molecular weight excluding hydrogens is 336 g/mol. The molecule has 5 heteroatoms. The number of nitrogens with zero attached hydrogens (tertiary/aromatic N) is 2. The second-order valence-electron chi connectivity index (χ2n) is 7.89. The largest absolute Gasteiger partial charge is 0.461 e. The van der Waals surface area contributed by atoms with Crippen molar-refractivity contribution in [1.82, 2.24) is 15.5 Å². The van der Waals surface area contributed by atoms with Crippen LogP contribution in [0.25, 0.3) is 11.0 Å². The van der Waals surface area contributed by atoms with Crippen LogP contribution in [0.15, 0.2) is 39.7 Å². The van der Waals surface area contributed by atoms with E-state index in [-0.39, 0.29) is 0 Å². The Bertz CT molecular complexity index is 722. The number of aliphatic imine (C=N–C) groups is 1. The summed E-state index contributed by atoms with van der Waals surface area (Å²) in [6.07, 6.45) is 8.93. The van der Waals surface area contributed by atoms with Gasteiger partial charge in [-0.3, -0.25) is 4.99 Å². The summed E-state index contributed by atoms with van der Waals surface area (Å²) in [6, 6.07) is 11.7. The summed E-state index contributed by atoms with van der Waals surface area (Å²) < 4.78 is 5.89. The van der Waals surface area contributed by atoms with Crippen LogP contribution < -0.4 is 10.6 Å². The maximum absolute atomic E-state index is 5.89. The second-order valence-corrected chi connectivity index (χ2v) is 7.89. The lowest BCUT2D eigenvalue weighted by atomic mass is 10.0. The first-order chi connectivity index (χ1) is 13.3.